The summed E-state index contributed by atoms with van der Waals surface area (Å²) < 4.78 is 88.9. The fourth-order valence-corrected chi connectivity index (χ4v) is 8.16. The summed E-state index contributed by atoms with van der Waals surface area (Å²) in [5.74, 6) is 10.7. The molecule has 0 bridgehead atoms. The van der Waals surface area contributed by atoms with E-state index < -0.39 is 61.4 Å². The van der Waals surface area contributed by atoms with Crippen molar-refractivity contribution in [2.45, 2.75) is 68.3 Å². The maximum absolute atomic E-state index is 13.7. The SMILES string of the molecule is Cc1ccc(S(=O)(=O)N(CC#CCN(CCC#N)S(=O)(=O)c2ccc(C)cc2)CC#CCN(C(=O)OC(C)(C)C)S(=O)(=O)c2ccc(C)cc2)cc1. The Balaban J connectivity index is 1.93. The Bertz CT molecular complexity index is 2220. The molecule has 12 nitrogen and oxygen atoms in total. The number of carbonyl (C=O) groups excluding carboxylic acids is 1. The van der Waals surface area contributed by atoms with Gasteiger partial charge in [-0.3, -0.25) is 0 Å². The van der Waals surface area contributed by atoms with E-state index in [4.69, 9.17) is 10.00 Å². The van der Waals surface area contributed by atoms with Crippen LogP contribution in [-0.2, 0) is 34.8 Å². The van der Waals surface area contributed by atoms with Crippen LogP contribution in [0.25, 0.3) is 0 Å². The van der Waals surface area contributed by atoms with Gasteiger partial charge < -0.3 is 4.74 Å². The molecule has 3 rings (SSSR count). The molecular weight excluding hydrogens is 725 g/mol. The molecule has 0 saturated carbocycles. The summed E-state index contributed by atoms with van der Waals surface area (Å²) in [6.07, 6.45) is -1.24. The zero-order chi connectivity index (χ0) is 38.7. The lowest BCUT2D eigenvalue weighted by molar-refractivity contribution is 0.0406. The van der Waals surface area contributed by atoms with Crippen LogP contribution in [0, 0.1) is 55.8 Å². The molecule has 15 heteroatoms. The smallest absolute Gasteiger partial charge is 0.425 e. The summed E-state index contributed by atoms with van der Waals surface area (Å²) in [6.45, 7) is 8.23. The summed E-state index contributed by atoms with van der Waals surface area (Å²) in [5, 5.41) is 9.12. The second kappa shape index (κ2) is 17.7. The first-order valence-corrected chi connectivity index (χ1v) is 20.4. The van der Waals surface area contributed by atoms with Crippen LogP contribution in [0.3, 0.4) is 0 Å². The van der Waals surface area contributed by atoms with Gasteiger partial charge in [-0.05, 0) is 77.9 Å². The van der Waals surface area contributed by atoms with Crippen LogP contribution >= 0.6 is 0 Å². The van der Waals surface area contributed by atoms with Gasteiger partial charge in [0.1, 0.15) is 12.1 Å². The highest BCUT2D eigenvalue weighted by molar-refractivity contribution is 7.90. The molecule has 0 aliphatic carbocycles. The highest BCUT2D eigenvalue weighted by atomic mass is 32.2. The average Bonchev–Trinajstić information content (AvgIpc) is 3.06. The first-order valence-electron chi connectivity index (χ1n) is 16.0. The fraction of sp³-hybridized carbons (Fsp3) is 0.351. The fourth-order valence-electron chi connectivity index (χ4n) is 4.36. The van der Waals surface area contributed by atoms with E-state index in [-0.39, 0.29) is 34.2 Å². The molecule has 0 spiro atoms. The zero-order valence-electron chi connectivity index (χ0n) is 30.0. The number of nitriles is 1. The number of nitrogens with zero attached hydrogens (tertiary/aromatic N) is 4. The Morgan fingerprint density at radius 3 is 1.33 bits per heavy atom. The largest absolute Gasteiger partial charge is 0.443 e. The van der Waals surface area contributed by atoms with Crippen LogP contribution < -0.4 is 0 Å². The number of sulfonamides is 3. The zero-order valence-corrected chi connectivity index (χ0v) is 32.4. The molecule has 0 aromatic heterocycles. The number of ether oxygens (including phenoxy) is 1. The molecule has 0 aliphatic heterocycles. The first kappa shape index (κ1) is 41.7. The van der Waals surface area contributed by atoms with Crippen LogP contribution in [0.5, 0.6) is 0 Å². The average molecular weight is 767 g/mol. The molecule has 0 atom stereocenters. The Hall–Kier alpha value is -4.69. The maximum Gasteiger partial charge on any atom is 0.425 e. The van der Waals surface area contributed by atoms with Gasteiger partial charge in [0.05, 0.1) is 40.4 Å². The minimum absolute atomic E-state index is 0.0292. The summed E-state index contributed by atoms with van der Waals surface area (Å²) in [4.78, 5) is 12.9. The normalized spacial score (nSPS) is 11.9. The van der Waals surface area contributed by atoms with Crippen molar-refractivity contribution in [2.75, 3.05) is 32.7 Å². The molecule has 0 fully saturated rings. The van der Waals surface area contributed by atoms with Crippen molar-refractivity contribution >= 4 is 36.2 Å². The van der Waals surface area contributed by atoms with Gasteiger partial charge in [0.15, 0.2) is 0 Å². The van der Waals surface area contributed by atoms with Gasteiger partial charge in [0.2, 0.25) is 20.0 Å². The Morgan fingerprint density at radius 1 is 0.596 bits per heavy atom. The minimum atomic E-state index is -4.40. The third kappa shape index (κ3) is 11.4. The van der Waals surface area contributed by atoms with Crippen LogP contribution in [0.1, 0.15) is 43.9 Å². The van der Waals surface area contributed by atoms with Gasteiger partial charge in [0, 0.05) is 13.0 Å². The molecule has 0 saturated heterocycles. The number of amides is 1. The van der Waals surface area contributed by atoms with Gasteiger partial charge in [-0.15, -0.1) is 0 Å². The molecule has 0 N–H and O–H groups in total. The van der Waals surface area contributed by atoms with Crippen LogP contribution in [0.4, 0.5) is 4.79 Å². The number of carbonyl (C=O) groups is 1. The van der Waals surface area contributed by atoms with E-state index in [1.807, 2.05) is 13.0 Å². The Morgan fingerprint density at radius 2 is 0.942 bits per heavy atom. The lowest BCUT2D eigenvalue weighted by atomic mass is 10.2. The second-order valence-corrected chi connectivity index (χ2v) is 18.4. The second-order valence-electron chi connectivity index (χ2n) is 12.7. The van der Waals surface area contributed by atoms with E-state index >= 15 is 0 Å². The van der Waals surface area contributed by atoms with Crippen LogP contribution in [0.2, 0.25) is 0 Å². The molecule has 0 heterocycles. The number of hydrogen-bond donors (Lipinski definition) is 0. The predicted molar refractivity (Wildman–Crippen MR) is 197 cm³/mol. The van der Waals surface area contributed by atoms with E-state index in [1.54, 1.807) is 71.0 Å². The number of benzene rings is 3. The third-order valence-electron chi connectivity index (χ3n) is 7.24. The van der Waals surface area contributed by atoms with Gasteiger partial charge in [0.25, 0.3) is 10.0 Å². The van der Waals surface area contributed by atoms with Crippen molar-refractivity contribution in [1.29, 1.82) is 5.26 Å². The Labute approximate surface area is 308 Å². The monoisotopic (exact) mass is 766 g/mol. The quantitative estimate of drug-likeness (QED) is 0.235. The minimum Gasteiger partial charge on any atom is -0.443 e. The molecule has 3 aromatic carbocycles. The molecular formula is C37H42N4O8S3. The summed E-state index contributed by atoms with van der Waals surface area (Å²) >= 11 is 0. The van der Waals surface area contributed by atoms with E-state index in [0.29, 0.717) is 4.31 Å². The van der Waals surface area contributed by atoms with E-state index in [1.165, 1.54) is 36.4 Å². The van der Waals surface area contributed by atoms with Crippen molar-refractivity contribution in [3.63, 3.8) is 0 Å². The van der Waals surface area contributed by atoms with Gasteiger partial charge >= 0.3 is 6.09 Å². The van der Waals surface area contributed by atoms with Gasteiger partial charge in [-0.1, -0.05) is 76.8 Å². The van der Waals surface area contributed by atoms with E-state index in [2.05, 4.69) is 23.7 Å². The van der Waals surface area contributed by atoms with Crippen molar-refractivity contribution in [3.8, 4) is 29.8 Å². The van der Waals surface area contributed by atoms with E-state index in [9.17, 15) is 30.0 Å². The van der Waals surface area contributed by atoms with Crippen LogP contribution in [0.15, 0.2) is 87.5 Å². The third-order valence-corrected chi connectivity index (χ3v) is 12.6. The summed E-state index contributed by atoms with van der Waals surface area (Å²) in [5.41, 5.74) is 1.48. The molecule has 0 aliphatic rings. The standard InChI is InChI=1S/C37H42N4O8S3/c1-30-12-18-33(19-13-30)50(43,44)39(25-7-8-26-40(28-11-24-38)51(45,46)34-20-14-31(2)15-21-34)27-9-10-29-41(36(42)49-37(4,5)6)52(47,48)35-22-16-32(3)17-23-35/h12-23H,11,25-29H2,1-6H3. The van der Waals surface area contributed by atoms with Crippen molar-refractivity contribution in [1.82, 2.24) is 12.9 Å². The molecule has 52 heavy (non-hydrogen) atoms. The molecule has 276 valence electrons. The highest BCUT2D eigenvalue weighted by Crippen LogP contribution is 2.21. The Kier molecular flexibility index (Phi) is 14.2. The number of aryl methyl sites for hydroxylation is 3. The number of rotatable bonds is 12. The predicted octanol–water partition coefficient (Wildman–Crippen LogP) is 4.84. The molecule has 0 radical (unpaired) electrons. The van der Waals surface area contributed by atoms with Crippen molar-refractivity contribution in [3.05, 3.63) is 89.5 Å². The lowest BCUT2D eigenvalue weighted by Crippen LogP contribution is -2.41. The number of hydrogen-bond acceptors (Lipinski definition) is 9. The van der Waals surface area contributed by atoms with Gasteiger partial charge in [-0.2, -0.15) is 18.2 Å². The molecule has 1 amide bonds. The summed E-state index contributed by atoms with van der Waals surface area (Å²) in [7, 11) is -12.6. The van der Waals surface area contributed by atoms with Crippen molar-refractivity contribution < 1.29 is 34.8 Å². The van der Waals surface area contributed by atoms with Gasteiger partial charge in [-0.25, -0.2) is 30.0 Å². The maximum atomic E-state index is 13.7. The topological polar surface area (TPSA) is 162 Å². The lowest BCUT2D eigenvalue weighted by Gasteiger charge is -2.25. The van der Waals surface area contributed by atoms with E-state index in [0.717, 1.165) is 25.3 Å². The first-order chi connectivity index (χ1) is 24.3. The summed E-state index contributed by atoms with van der Waals surface area (Å²) in [6, 6.07) is 20.1. The van der Waals surface area contributed by atoms with Crippen molar-refractivity contribution in [2.24, 2.45) is 0 Å². The van der Waals surface area contributed by atoms with Crippen LogP contribution in [-0.4, -0.2) is 82.6 Å². The highest BCUT2D eigenvalue weighted by Gasteiger charge is 2.33. The molecule has 3 aromatic rings. The molecule has 0 unspecified atom stereocenters.